The van der Waals surface area contributed by atoms with Crippen LogP contribution >= 0.6 is 11.8 Å². The van der Waals surface area contributed by atoms with Crippen molar-refractivity contribution in [3.05, 3.63) is 0 Å². The minimum absolute atomic E-state index is 0.102. The van der Waals surface area contributed by atoms with Gasteiger partial charge < -0.3 is 15.5 Å². The molecule has 0 bridgehead atoms. The van der Waals surface area contributed by atoms with Crippen molar-refractivity contribution < 1.29 is 10.2 Å². The van der Waals surface area contributed by atoms with Crippen molar-refractivity contribution >= 4 is 11.8 Å². The summed E-state index contributed by atoms with van der Waals surface area (Å²) >= 11 is 1.67. The van der Waals surface area contributed by atoms with E-state index in [0.29, 0.717) is 12.6 Å². The Kier molecular flexibility index (Phi) is 5.39. The van der Waals surface area contributed by atoms with Gasteiger partial charge in [-0.2, -0.15) is 11.8 Å². The molecule has 90 valence electrons. The Morgan fingerprint density at radius 2 is 1.93 bits per heavy atom. The molecule has 0 aromatic carbocycles. The molecule has 0 radical (unpaired) electrons. The van der Waals surface area contributed by atoms with Crippen LogP contribution in [0.15, 0.2) is 0 Å². The van der Waals surface area contributed by atoms with Gasteiger partial charge in [-0.25, -0.2) is 0 Å². The SMILES string of the molecule is CSCC(C)(O)CNC1CCC(O)CC1. The molecule has 0 spiro atoms. The zero-order chi connectivity index (χ0) is 11.3. The first-order chi connectivity index (χ1) is 7.03. The summed E-state index contributed by atoms with van der Waals surface area (Å²) < 4.78 is 0. The molecule has 1 aliphatic rings. The minimum Gasteiger partial charge on any atom is -0.393 e. The fourth-order valence-corrected chi connectivity index (χ4v) is 2.73. The molecule has 1 rings (SSSR count). The number of thioether (sulfide) groups is 1. The summed E-state index contributed by atoms with van der Waals surface area (Å²) in [6.45, 7) is 2.52. The van der Waals surface area contributed by atoms with Crippen molar-refractivity contribution in [2.75, 3.05) is 18.6 Å². The molecule has 1 unspecified atom stereocenters. The topological polar surface area (TPSA) is 52.5 Å². The van der Waals surface area contributed by atoms with E-state index in [9.17, 15) is 10.2 Å². The van der Waals surface area contributed by atoms with Crippen LogP contribution in [0.2, 0.25) is 0 Å². The lowest BCUT2D eigenvalue weighted by atomic mass is 9.92. The Labute approximate surface area is 96.6 Å². The molecule has 15 heavy (non-hydrogen) atoms. The van der Waals surface area contributed by atoms with Crippen LogP contribution in [0.25, 0.3) is 0 Å². The second-order valence-electron chi connectivity index (χ2n) is 4.82. The third-order valence-electron chi connectivity index (χ3n) is 2.92. The Balaban J connectivity index is 2.19. The van der Waals surface area contributed by atoms with Gasteiger partial charge in [0, 0.05) is 18.3 Å². The van der Waals surface area contributed by atoms with Crippen LogP contribution in [-0.2, 0) is 0 Å². The first-order valence-corrected chi connectivity index (χ1v) is 7.05. The first kappa shape index (κ1) is 13.3. The van der Waals surface area contributed by atoms with E-state index in [0.717, 1.165) is 31.4 Å². The summed E-state index contributed by atoms with van der Waals surface area (Å²) in [5.74, 6) is 0.759. The highest BCUT2D eigenvalue weighted by Crippen LogP contribution is 2.19. The Hall–Kier alpha value is 0.230. The van der Waals surface area contributed by atoms with E-state index < -0.39 is 5.60 Å². The monoisotopic (exact) mass is 233 g/mol. The molecule has 1 saturated carbocycles. The molecule has 0 amide bonds. The van der Waals surface area contributed by atoms with Gasteiger partial charge in [0.2, 0.25) is 0 Å². The van der Waals surface area contributed by atoms with Gasteiger partial charge in [-0.05, 0) is 38.9 Å². The summed E-state index contributed by atoms with van der Waals surface area (Å²) in [7, 11) is 0. The molecule has 3 N–H and O–H groups in total. The van der Waals surface area contributed by atoms with E-state index >= 15 is 0 Å². The average molecular weight is 233 g/mol. The maximum Gasteiger partial charge on any atom is 0.0833 e. The second-order valence-corrected chi connectivity index (χ2v) is 5.68. The standard InChI is InChI=1S/C11H23NO2S/c1-11(14,8-15-2)7-12-9-3-5-10(13)6-4-9/h9-10,12-14H,3-8H2,1-2H3. The van der Waals surface area contributed by atoms with Crippen LogP contribution in [0, 0.1) is 0 Å². The number of nitrogens with one attached hydrogen (secondary N) is 1. The van der Waals surface area contributed by atoms with Crippen molar-refractivity contribution in [1.82, 2.24) is 5.32 Å². The van der Waals surface area contributed by atoms with Crippen molar-refractivity contribution in [2.24, 2.45) is 0 Å². The second kappa shape index (κ2) is 6.09. The molecule has 0 aromatic heterocycles. The van der Waals surface area contributed by atoms with Gasteiger partial charge >= 0.3 is 0 Å². The lowest BCUT2D eigenvalue weighted by Crippen LogP contribution is -2.45. The smallest absolute Gasteiger partial charge is 0.0833 e. The number of aliphatic hydroxyl groups is 2. The van der Waals surface area contributed by atoms with Gasteiger partial charge in [0.1, 0.15) is 0 Å². The van der Waals surface area contributed by atoms with E-state index in [-0.39, 0.29) is 6.10 Å². The molecule has 0 saturated heterocycles. The number of rotatable bonds is 5. The van der Waals surface area contributed by atoms with Crippen LogP contribution in [0.4, 0.5) is 0 Å². The summed E-state index contributed by atoms with van der Waals surface area (Å²) in [5, 5.41) is 22.7. The number of aliphatic hydroxyl groups excluding tert-OH is 1. The normalized spacial score (nSPS) is 31.2. The third kappa shape index (κ3) is 5.20. The van der Waals surface area contributed by atoms with Crippen LogP contribution < -0.4 is 5.32 Å². The zero-order valence-corrected chi connectivity index (χ0v) is 10.5. The van der Waals surface area contributed by atoms with E-state index in [2.05, 4.69) is 5.32 Å². The summed E-state index contributed by atoms with van der Waals surface area (Å²) in [5.41, 5.74) is -0.616. The van der Waals surface area contributed by atoms with Gasteiger partial charge in [0.15, 0.2) is 0 Å². The molecule has 0 heterocycles. The van der Waals surface area contributed by atoms with E-state index in [1.54, 1.807) is 11.8 Å². The van der Waals surface area contributed by atoms with Gasteiger partial charge in [0.25, 0.3) is 0 Å². The minimum atomic E-state index is -0.616. The van der Waals surface area contributed by atoms with Gasteiger partial charge in [-0.3, -0.25) is 0 Å². The lowest BCUT2D eigenvalue weighted by molar-refractivity contribution is 0.0718. The molecule has 4 heteroatoms. The largest absolute Gasteiger partial charge is 0.393 e. The van der Waals surface area contributed by atoms with Crippen LogP contribution in [-0.4, -0.2) is 46.5 Å². The lowest BCUT2D eigenvalue weighted by Gasteiger charge is -2.30. The third-order valence-corrected chi connectivity index (χ3v) is 3.83. The Bertz CT molecular complexity index is 179. The number of hydrogen-bond donors (Lipinski definition) is 3. The highest BCUT2D eigenvalue weighted by Gasteiger charge is 2.23. The van der Waals surface area contributed by atoms with Gasteiger partial charge in [-0.1, -0.05) is 0 Å². The predicted octanol–water partition coefficient (Wildman–Crippen LogP) is 0.993. The average Bonchev–Trinajstić information content (AvgIpc) is 2.17. The van der Waals surface area contributed by atoms with E-state index in [1.165, 1.54) is 0 Å². The molecular formula is C11H23NO2S. The zero-order valence-electron chi connectivity index (χ0n) is 9.70. The first-order valence-electron chi connectivity index (χ1n) is 5.66. The highest BCUT2D eigenvalue weighted by atomic mass is 32.2. The number of hydrogen-bond acceptors (Lipinski definition) is 4. The van der Waals surface area contributed by atoms with Crippen molar-refractivity contribution in [2.45, 2.75) is 50.4 Å². The highest BCUT2D eigenvalue weighted by molar-refractivity contribution is 7.98. The molecule has 1 aliphatic carbocycles. The molecule has 3 nitrogen and oxygen atoms in total. The van der Waals surface area contributed by atoms with E-state index in [1.807, 2.05) is 13.2 Å². The summed E-state index contributed by atoms with van der Waals surface area (Å²) in [4.78, 5) is 0. The molecule has 1 fully saturated rings. The van der Waals surface area contributed by atoms with Crippen LogP contribution in [0.1, 0.15) is 32.6 Å². The van der Waals surface area contributed by atoms with Crippen LogP contribution in [0.3, 0.4) is 0 Å². The fraction of sp³-hybridized carbons (Fsp3) is 1.00. The molecule has 1 atom stereocenters. The van der Waals surface area contributed by atoms with Gasteiger partial charge in [-0.15, -0.1) is 0 Å². The van der Waals surface area contributed by atoms with Crippen molar-refractivity contribution in [3.8, 4) is 0 Å². The van der Waals surface area contributed by atoms with Gasteiger partial charge in [0.05, 0.1) is 11.7 Å². The molecular weight excluding hydrogens is 210 g/mol. The maximum absolute atomic E-state index is 9.96. The van der Waals surface area contributed by atoms with Crippen molar-refractivity contribution in [1.29, 1.82) is 0 Å². The predicted molar refractivity (Wildman–Crippen MR) is 65.3 cm³/mol. The maximum atomic E-state index is 9.96. The Morgan fingerprint density at radius 1 is 1.33 bits per heavy atom. The molecule has 0 aliphatic heterocycles. The summed E-state index contributed by atoms with van der Waals surface area (Å²) in [6.07, 6.45) is 5.73. The van der Waals surface area contributed by atoms with Crippen LogP contribution in [0.5, 0.6) is 0 Å². The van der Waals surface area contributed by atoms with Crippen molar-refractivity contribution in [3.63, 3.8) is 0 Å². The quantitative estimate of drug-likeness (QED) is 0.663. The fourth-order valence-electron chi connectivity index (χ4n) is 2.01. The summed E-state index contributed by atoms with van der Waals surface area (Å²) in [6, 6.07) is 0.474. The Morgan fingerprint density at radius 3 is 2.47 bits per heavy atom. The molecule has 0 aromatic rings. The van der Waals surface area contributed by atoms with E-state index in [4.69, 9.17) is 0 Å².